The van der Waals surface area contributed by atoms with Crippen molar-refractivity contribution in [2.24, 2.45) is 5.73 Å². The Balaban J connectivity index is 0.00000144. The first-order chi connectivity index (χ1) is 7.58. The minimum Gasteiger partial charge on any atom is -0.337 e. The largest absolute Gasteiger partial charge is 0.337 e. The van der Waals surface area contributed by atoms with E-state index in [1.54, 1.807) is 0 Å². The van der Waals surface area contributed by atoms with Crippen molar-refractivity contribution in [3.05, 3.63) is 31.8 Å². The monoisotopic (exact) mass is 430 g/mol. The second-order valence-electron chi connectivity index (χ2n) is 3.92. The molecule has 1 fully saturated rings. The Morgan fingerprint density at radius 2 is 2.24 bits per heavy atom. The lowest BCUT2D eigenvalue weighted by Gasteiger charge is -2.16. The van der Waals surface area contributed by atoms with E-state index in [4.69, 9.17) is 5.73 Å². The van der Waals surface area contributed by atoms with Gasteiger partial charge in [0.15, 0.2) is 0 Å². The number of hydrogen-bond acceptors (Lipinski definition) is 2. The SMILES string of the molecule is Cl.N[C@@H]1CCN(C(=O)c2cc(Br)ccc2I)C1. The van der Waals surface area contributed by atoms with Crippen molar-refractivity contribution >= 4 is 56.8 Å². The van der Waals surface area contributed by atoms with E-state index in [1.807, 2.05) is 23.1 Å². The molecular weight excluding hydrogens is 418 g/mol. The molecule has 0 spiro atoms. The molecule has 1 saturated heterocycles. The van der Waals surface area contributed by atoms with Gasteiger partial charge in [0.25, 0.3) is 5.91 Å². The van der Waals surface area contributed by atoms with Gasteiger partial charge in [-0.25, -0.2) is 0 Å². The smallest absolute Gasteiger partial charge is 0.255 e. The fourth-order valence-corrected chi connectivity index (χ4v) is 2.73. The average molecular weight is 431 g/mol. The average Bonchev–Trinajstić information content (AvgIpc) is 2.67. The molecule has 1 aromatic carbocycles. The Labute approximate surface area is 129 Å². The molecule has 1 amide bonds. The van der Waals surface area contributed by atoms with Crippen LogP contribution in [0.2, 0.25) is 0 Å². The first kappa shape index (κ1) is 15.2. The van der Waals surface area contributed by atoms with Gasteiger partial charge >= 0.3 is 0 Å². The predicted octanol–water partition coefficient (Wildman–Crippen LogP) is 2.65. The summed E-state index contributed by atoms with van der Waals surface area (Å²) in [5.41, 5.74) is 6.56. The van der Waals surface area contributed by atoms with Crippen LogP contribution in [-0.2, 0) is 0 Å². The van der Waals surface area contributed by atoms with Crippen molar-refractivity contribution in [3.63, 3.8) is 0 Å². The summed E-state index contributed by atoms with van der Waals surface area (Å²) in [5.74, 6) is 0.0821. The molecule has 0 unspecified atom stereocenters. The molecule has 2 N–H and O–H groups in total. The second kappa shape index (κ2) is 6.36. The van der Waals surface area contributed by atoms with Gasteiger partial charge in [0.05, 0.1) is 5.56 Å². The van der Waals surface area contributed by atoms with Crippen LogP contribution in [0.4, 0.5) is 0 Å². The Hall–Kier alpha value is 0.150. The first-order valence-electron chi connectivity index (χ1n) is 5.08. The van der Waals surface area contributed by atoms with E-state index in [0.29, 0.717) is 6.54 Å². The zero-order valence-electron chi connectivity index (χ0n) is 9.03. The van der Waals surface area contributed by atoms with Gasteiger partial charge in [-0.15, -0.1) is 12.4 Å². The molecule has 0 bridgehead atoms. The van der Waals surface area contributed by atoms with E-state index in [0.717, 1.165) is 26.6 Å². The molecule has 1 atom stereocenters. The van der Waals surface area contributed by atoms with Crippen LogP contribution in [0.5, 0.6) is 0 Å². The molecule has 1 aromatic rings. The lowest BCUT2D eigenvalue weighted by atomic mass is 10.2. The maximum absolute atomic E-state index is 12.2. The van der Waals surface area contributed by atoms with Crippen LogP contribution in [-0.4, -0.2) is 29.9 Å². The fraction of sp³-hybridized carbons (Fsp3) is 0.364. The van der Waals surface area contributed by atoms with E-state index >= 15 is 0 Å². The van der Waals surface area contributed by atoms with E-state index in [2.05, 4.69) is 38.5 Å². The highest BCUT2D eigenvalue weighted by molar-refractivity contribution is 14.1. The lowest BCUT2D eigenvalue weighted by Crippen LogP contribution is -2.32. The summed E-state index contributed by atoms with van der Waals surface area (Å²) in [4.78, 5) is 14.0. The van der Waals surface area contributed by atoms with E-state index < -0.39 is 0 Å². The van der Waals surface area contributed by atoms with E-state index in [1.165, 1.54) is 0 Å². The zero-order valence-corrected chi connectivity index (χ0v) is 13.6. The van der Waals surface area contributed by atoms with Crippen LogP contribution in [0.25, 0.3) is 0 Å². The number of amides is 1. The van der Waals surface area contributed by atoms with Crippen molar-refractivity contribution in [1.29, 1.82) is 0 Å². The normalized spacial score (nSPS) is 19.0. The lowest BCUT2D eigenvalue weighted by molar-refractivity contribution is 0.0790. The van der Waals surface area contributed by atoms with Crippen molar-refractivity contribution in [1.82, 2.24) is 4.90 Å². The molecule has 0 radical (unpaired) electrons. The quantitative estimate of drug-likeness (QED) is 0.695. The van der Waals surface area contributed by atoms with Crippen molar-refractivity contribution in [3.8, 4) is 0 Å². The van der Waals surface area contributed by atoms with E-state index in [9.17, 15) is 4.79 Å². The van der Waals surface area contributed by atoms with Crippen LogP contribution in [0.3, 0.4) is 0 Å². The molecule has 0 aliphatic carbocycles. The third kappa shape index (κ3) is 3.56. The fourth-order valence-electron chi connectivity index (χ4n) is 1.80. The van der Waals surface area contributed by atoms with Crippen LogP contribution >= 0.6 is 50.9 Å². The minimum atomic E-state index is 0. The summed E-state index contributed by atoms with van der Waals surface area (Å²) in [5, 5.41) is 0. The van der Waals surface area contributed by atoms with Gasteiger partial charge in [-0.3, -0.25) is 4.79 Å². The molecule has 6 heteroatoms. The Bertz CT molecular complexity index is 430. The van der Waals surface area contributed by atoms with Gasteiger partial charge in [-0.1, -0.05) is 15.9 Å². The number of halogens is 3. The van der Waals surface area contributed by atoms with Crippen LogP contribution in [0.1, 0.15) is 16.8 Å². The second-order valence-corrected chi connectivity index (χ2v) is 6.00. The topological polar surface area (TPSA) is 46.3 Å². The standard InChI is InChI=1S/C11H12BrIN2O.ClH/c12-7-1-2-10(13)9(5-7)11(16)15-4-3-8(14)6-15;/h1-2,5,8H,3-4,6,14H2;1H/t8-;/m1./s1. The number of nitrogens with two attached hydrogens (primary N) is 1. The minimum absolute atomic E-state index is 0. The molecule has 0 aromatic heterocycles. The molecule has 1 aliphatic rings. The highest BCUT2D eigenvalue weighted by Crippen LogP contribution is 2.21. The third-order valence-corrected chi connectivity index (χ3v) is 4.10. The van der Waals surface area contributed by atoms with Gasteiger partial charge in [0, 0.05) is 27.2 Å². The Kier molecular flexibility index (Phi) is 5.69. The molecular formula is C11H13BrClIN2O. The van der Waals surface area contributed by atoms with Crippen LogP contribution in [0.15, 0.2) is 22.7 Å². The maximum Gasteiger partial charge on any atom is 0.255 e. The number of hydrogen-bond donors (Lipinski definition) is 1. The molecule has 1 aliphatic heterocycles. The number of carbonyl (C=O) groups excluding carboxylic acids is 1. The number of likely N-dealkylation sites (tertiary alicyclic amines) is 1. The maximum atomic E-state index is 12.2. The first-order valence-corrected chi connectivity index (χ1v) is 6.95. The summed E-state index contributed by atoms with van der Waals surface area (Å²) in [6.45, 7) is 1.43. The third-order valence-electron chi connectivity index (χ3n) is 2.67. The zero-order chi connectivity index (χ0) is 11.7. The number of benzene rings is 1. The van der Waals surface area contributed by atoms with Gasteiger partial charge in [-0.2, -0.15) is 0 Å². The van der Waals surface area contributed by atoms with Crippen molar-refractivity contribution in [2.75, 3.05) is 13.1 Å². The number of carbonyl (C=O) groups is 1. The Morgan fingerprint density at radius 3 is 2.82 bits per heavy atom. The molecule has 1 heterocycles. The molecule has 0 saturated carbocycles. The summed E-state index contributed by atoms with van der Waals surface area (Å²) in [6, 6.07) is 5.88. The predicted molar refractivity (Wildman–Crippen MR) is 82.6 cm³/mol. The number of nitrogens with zero attached hydrogens (tertiary/aromatic N) is 1. The van der Waals surface area contributed by atoms with Crippen molar-refractivity contribution in [2.45, 2.75) is 12.5 Å². The highest BCUT2D eigenvalue weighted by atomic mass is 127. The van der Waals surface area contributed by atoms with Crippen LogP contribution in [0, 0.1) is 3.57 Å². The van der Waals surface area contributed by atoms with Crippen molar-refractivity contribution < 1.29 is 4.79 Å². The molecule has 2 rings (SSSR count). The van der Waals surface area contributed by atoms with Gasteiger partial charge in [0.1, 0.15) is 0 Å². The van der Waals surface area contributed by atoms with Gasteiger partial charge in [0.2, 0.25) is 0 Å². The Morgan fingerprint density at radius 1 is 1.53 bits per heavy atom. The van der Waals surface area contributed by atoms with E-state index in [-0.39, 0.29) is 24.4 Å². The summed E-state index contributed by atoms with van der Waals surface area (Å²) < 4.78 is 1.91. The van der Waals surface area contributed by atoms with Crippen LogP contribution < -0.4 is 5.73 Å². The molecule has 17 heavy (non-hydrogen) atoms. The summed E-state index contributed by atoms with van der Waals surface area (Å²) in [6.07, 6.45) is 0.899. The summed E-state index contributed by atoms with van der Waals surface area (Å²) >= 11 is 5.57. The number of rotatable bonds is 1. The molecule has 94 valence electrons. The highest BCUT2D eigenvalue weighted by Gasteiger charge is 2.25. The van der Waals surface area contributed by atoms with Gasteiger partial charge in [-0.05, 0) is 47.2 Å². The summed E-state index contributed by atoms with van der Waals surface area (Å²) in [7, 11) is 0. The van der Waals surface area contributed by atoms with Gasteiger partial charge < -0.3 is 10.6 Å². The molecule has 3 nitrogen and oxygen atoms in total.